The number of carbonyl (C=O) groups excluding carboxylic acids is 3. The molecule has 0 radical (unpaired) electrons. The van der Waals surface area contributed by atoms with E-state index in [0.717, 1.165) is 29.6 Å². The van der Waals surface area contributed by atoms with E-state index in [1.54, 1.807) is 12.3 Å². The lowest BCUT2D eigenvalue weighted by molar-refractivity contribution is -0.134. The Labute approximate surface area is 331 Å². The summed E-state index contributed by atoms with van der Waals surface area (Å²) in [5.74, 6) is -2.46. The SMILES string of the molecule is CC1(C)c2ccc(C3CCN(C(=O)c4cnc(N5CCN(c6cc(F)c(C7CCC(=O)NC7=O)c(F)c6)CC5)cn4)CC3)cc2-n2c1nc(=O)c1c(Cl)cccc12. The maximum Gasteiger partial charge on any atom is 0.282 e. The van der Waals surface area contributed by atoms with Crippen molar-refractivity contribution in [1.82, 2.24) is 29.7 Å². The molecule has 0 saturated carbocycles. The standard InChI is InChI=1S/C42H39ClF2N8O4/c1-42(2)27-8-6-24(18-33(27)53-32-5-3-4-28(43)37(32)39(56)49-41(42)53)23-10-12-52(13-11-23)40(57)31-21-47-34(22-46-31)51-16-14-50(15-17-51)25-19-29(44)36(30(45)20-25)26-7-9-35(54)48-38(26)55/h3-6,8,18-23,26H,7,9-17H2,1-2H3,(H,48,54,55). The van der Waals surface area contributed by atoms with Crippen molar-refractivity contribution in [2.75, 3.05) is 49.1 Å². The number of likely N-dealkylation sites (tertiary alicyclic amines) is 1. The number of nitrogens with zero attached hydrogens (tertiary/aromatic N) is 7. The molecule has 0 spiro atoms. The highest BCUT2D eigenvalue weighted by atomic mass is 35.5. The van der Waals surface area contributed by atoms with Crippen LogP contribution in [0, 0.1) is 11.6 Å². The van der Waals surface area contributed by atoms with Gasteiger partial charge in [-0.1, -0.05) is 29.8 Å². The van der Waals surface area contributed by atoms with Gasteiger partial charge in [-0.3, -0.25) is 29.1 Å². The number of fused-ring (bicyclic) bond motifs is 5. The Kier molecular flexibility index (Phi) is 9.06. The van der Waals surface area contributed by atoms with Crippen molar-refractivity contribution in [3.63, 3.8) is 0 Å². The minimum absolute atomic E-state index is 0.0295. The summed E-state index contributed by atoms with van der Waals surface area (Å²) in [7, 11) is 0. The van der Waals surface area contributed by atoms with Gasteiger partial charge in [-0.15, -0.1) is 0 Å². The van der Waals surface area contributed by atoms with E-state index in [1.807, 2.05) is 26.8 Å². The number of hydrogen-bond acceptors (Lipinski definition) is 9. The Balaban J connectivity index is 0.828. The third kappa shape index (κ3) is 6.30. The Bertz CT molecular complexity index is 2520. The lowest BCUT2D eigenvalue weighted by Crippen LogP contribution is -2.47. The minimum atomic E-state index is -1.05. The second-order valence-corrected chi connectivity index (χ2v) is 16.1. The Morgan fingerprint density at radius 2 is 1.60 bits per heavy atom. The van der Waals surface area contributed by atoms with E-state index >= 15 is 8.78 Å². The molecule has 12 nitrogen and oxygen atoms in total. The van der Waals surface area contributed by atoms with Crippen molar-refractivity contribution in [2.45, 2.75) is 56.8 Å². The summed E-state index contributed by atoms with van der Waals surface area (Å²) in [6.07, 6.45) is 4.74. The van der Waals surface area contributed by atoms with Crippen LogP contribution in [0.1, 0.15) is 84.4 Å². The fraction of sp³-hybridized carbons (Fsp3) is 0.357. The van der Waals surface area contributed by atoms with Gasteiger partial charge in [-0.05, 0) is 80.5 Å². The van der Waals surface area contributed by atoms with Gasteiger partial charge in [0.2, 0.25) is 11.8 Å². The average Bonchev–Trinajstić information content (AvgIpc) is 3.43. The van der Waals surface area contributed by atoms with E-state index in [2.05, 4.69) is 56.9 Å². The molecule has 0 bridgehead atoms. The summed E-state index contributed by atoms with van der Waals surface area (Å²) < 4.78 is 32.4. The number of nitrogens with one attached hydrogen (secondary N) is 1. The fourth-order valence-corrected chi connectivity index (χ4v) is 9.20. The minimum Gasteiger partial charge on any atom is -0.368 e. The van der Waals surface area contributed by atoms with Gasteiger partial charge in [-0.2, -0.15) is 4.98 Å². The van der Waals surface area contributed by atoms with Crippen LogP contribution in [0.5, 0.6) is 0 Å². The summed E-state index contributed by atoms with van der Waals surface area (Å²) in [5, 5.41) is 2.95. The molecule has 3 saturated heterocycles. The first kappa shape index (κ1) is 36.9. The van der Waals surface area contributed by atoms with Gasteiger partial charge in [0.05, 0.1) is 45.3 Å². The molecular weight excluding hydrogens is 754 g/mol. The predicted molar refractivity (Wildman–Crippen MR) is 210 cm³/mol. The van der Waals surface area contributed by atoms with Crippen LogP contribution in [0.3, 0.4) is 0 Å². The van der Waals surface area contributed by atoms with Gasteiger partial charge in [0.15, 0.2) is 0 Å². The molecular formula is C42H39ClF2N8O4. The molecule has 5 aromatic rings. The normalized spacial score (nSPS) is 19.5. The maximum atomic E-state index is 15.2. The average molecular weight is 793 g/mol. The van der Waals surface area contributed by atoms with Crippen LogP contribution in [0.25, 0.3) is 16.6 Å². The van der Waals surface area contributed by atoms with E-state index in [4.69, 9.17) is 11.6 Å². The number of imide groups is 1. The molecule has 2 aromatic heterocycles. The number of hydrogen-bond donors (Lipinski definition) is 1. The van der Waals surface area contributed by atoms with Crippen LogP contribution in [0.2, 0.25) is 5.02 Å². The molecule has 15 heteroatoms. The molecule has 1 unspecified atom stereocenters. The van der Waals surface area contributed by atoms with Gasteiger partial charge in [0.1, 0.15) is 29.0 Å². The quantitative estimate of drug-likeness (QED) is 0.226. The number of piperidine rings is 2. The molecule has 0 aliphatic carbocycles. The second-order valence-electron chi connectivity index (χ2n) is 15.7. The van der Waals surface area contributed by atoms with Crippen molar-refractivity contribution in [1.29, 1.82) is 0 Å². The fourth-order valence-electron chi connectivity index (χ4n) is 8.95. The van der Waals surface area contributed by atoms with Crippen LogP contribution < -0.4 is 20.7 Å². The van der Waals surface area contributed by atoms with Gasteiger partial charge >= 0.3 is 0 Å². The Hall–Kier alpha value is -5.76. The number of amides is 3. The summed E-state index contributed by atoms with van der Waals surface area (Å²) in [4.78, 5) is 69.6. The van der Waals surface area contributed by atoms with E-state index in [9.17, 15) is 19.2 Å². The van der Waals surface area contributed by atoms with Gasteiger partial charge in [0, 0.05) is 56.9 Å². The topological polar surface area (TPSA) is 134 Å². The number of aromatic nitrogens is 4. The molecule has 3 aromatic carbocycles. The molecule has 3 amide bonds. The van der Waals surface area contributed by atoms with Crippen molar-refractivity contribution < 1.29 is 23.2 Å². The van der Waals surface area contributed by atoms with Gasteiger partial charge in [0.25, 0.3) is 11.5 Å². The van der Waals surface area contributed by atoms with E-state index in [1.165, 1.54) is 23.9 Å². The third-order valence-corrected chi connectivity index (χ3v) is 12.4. The summed E-state index contributed by atoms with van der Waals surface area (Å²) in [6, 6.07) is 14.4. The molecule has 1 atom stereocenters. The molecule has 57 heavy (non-hydrogen) atoms. The highest BCUT2D eigenvalue weighted by Crippen LogP contribution is 2.45. The lowest BCUT2D eigenvalue weighted by atomic mass is 9.83. The highest BCUT2D eigenvalue weighted by Gasteiger charge is 2.39. The first-order valence-corrected chi connectivity index (χ1v) is 19.6. The van der Waals surface area contributed by atoms with Gasteiger partial charge < -0.3 is 14.7 Å². The number of benzene rings is 3. The number of carbonyl (C=O) groups is 3. The molecule has 4 aliphatic rings. The van der Waals surface area contributed by atoms with Crippen LogP contribution in [-0.2, 0) is 15.0 Å². The lowest BCUT2D eigenvalue weighted by Gasteiger charge is -2.37. The number of piperazine rings is 1. The largest absolute Gasteiger partial charge is 0.368 e. The van der Waals surface area contributed by atoms with Crippen molar-refractivity contribution in [2.24, 2.45) is 0 Å². The summed E-state index contributed by atoms with van der Waals surface area (Å²) in [6.45, 7) is 7.24. The van der Waals surface area contributed by atoms with Crippen molar-refractivity contribution in [3.05, 3.63) is 116 Å². The third-order valence-electron chi connectivity index (χ3n) is 12.1. The van der Waals surface area contributed by atoms with Crippen LogP contribution in [-0.4, -0.2) is 81.4 Å². The zero-order valence-electron chi connectivity index (χ0n) is 31.4. The molecule has 9 rings (SSSR count). The zero-order valence-corrected chi connectivity index (χ0v) is 32.2. The smallest absolute Gasteiger partial charge is 0.282 e. The highest BCUT2D eigenvalue weighted by molar-refractivity contribution is 6.35. The van der Waals surface area contributed by atoms with E-state index < -0.39 is 34.8 Å². The van der Waals surface area contributed by atoms with E-state index in [0.29, 0.717) is 67.0 Å². The molecule has 1 N–H and O–H groups in total. The Morgan fingerprint density at radius 1 is 0.877 bits per heavy atom. The maximum absolute atomic E-state index is 15.2. The number of rotatable bonds is 5. The van der Waals surface area contributed by atoms with E-state index in [-0.39, 0.29) is 41.5 Å². The van der Waals surface area contributed by atoms with Crippen LogP contribution in [0.15, 0.2) is 65.7 Å². The van der Waals surface area contributed by atoms with Crippen LogP contribution >= 0.6 is 11.6 Å². The molecule has 3 fully saturated rings. The first-order valence-electron chi connectivity index (χ1n) is 19.2. The van der Waals surface area contributed by atoms with Crippen molar-refractivity contribution in [3.8, 4) is 5.69 Å². The molecule has 292 valence electrons. The van der Waals surface area contributed by atoms with Gasteiger partial charge in [-0.25, -0.2) is 18.7 Å². The Morgan fingerprint density at radius 3 is 2.28 bits per heavy atom. The van der Waals surface area contributed by atoms with Crippen LogP contribution in [0.4, 0.5) is 20.3 Å². The molecule has 6 heterocycles. The number of anilines is 2. The summed E-state index contributed by atoms with van der Waals surface area (Å²) in [5.41, 5.74) is 3.51. The number of halogens is 3. The second kappa shape index (κ2) is 14.0. The van der Waals surface area contributed by atoms with Crippen molar-refractivity contribution >= 4 is 51.7 Å². The summed E-state index contributed by atoms with van der Waals surface area (Å²) >= 11 is 6.47. The monoisotopic (exact) mass is 792 g/mol. The predicted octanol–water partition coefficient (Wildman–Crippen LogP) is 5.61. The zero-order chi connectivity index (χ0) is 39.7. The molecule has 4 aliphatic heterocycles. The first-order chi connectivity index (χ1) is 27.4.